The number of rotatable bonds is 3. The predicted octanol–water partition coefficient (Wildman–Crippen LogP) is 1.90. The van der Waals surface area contributed by atoms with E-state index in [1.165, 1.54) is 11.1 Å². The Balaban J connectivity index is 2.23. The molecule has 3 heteroatoms. The van der Waals surface area contributed by atoms with Gasteiger partial charge < -0.3 is 10.0 Å². The molecular weight excluding hydrogens is 214 g/mol. The van der Waals surface area contributed by atoms with Crippen molar-refractivity contribution in [3.63, 3.8) is 0 Å². The number of amides is 1. The second-order valence-electron chi connectivity index (χ2n) is 4.72. The SMILES string of the molecule is CCc1ccc(N2CC(CO)CC2=O)cc1C. The fourth-order valence-electron chi connectivity index (χ4n) is 2.40. The molecule has 2 rings (SSSR count). The lowest BCUT2D eigenvalue weighted by Gasteiger charge is -2.18. The lowest BCUT2D eigenvalue weighted by Crippen LogP contribution is -2.25. The maximum absolute atomic E-state index is 11.8. The van der Waals surface area contributed by atoms with Crippen LogP contribution in [0.2, 0.25) is 0 Å². The molecule has 1 aromatic carbocycles. The summed E-state index contributed by atoms with van der Waals surface area (Å²) in [6, 6.07) is 6.16. The molecule has 0 spiro atoms. The molecule has 92 valence electrons. The van der Waals surface area contributed by atoms with Gasteiger partial charge in [0.15, 0.2) is 0 Å². The third-order valence-electron chi connectivity index (χ3n) is 3.48. The lowest BCUT2D eigenvalue weighted by atomic mass is 10.1. The number of nitrogens with zero attached hydrogens (tertiary/aromatic N) is 1. The van der Waals surface area contributed by atoms with Gasteiger partial charge in [-0.2, -0.15) is 0 Å². The molecule has 3 nitrogen and oxygen atoms in total. The number of aliphatic hydroxyl groups excluding tert-OH is 1. The molecule has 0 radical (unpaired) electrons. The van der Waals surface area contributed by atoms with Crippen molar-refractivity contribution in [3.8, 4) is 0 Å². The minimum Gasteiger partial charge on any atom is -0.396 e. The van der Waals surface area contributed by atoms with Gasteiger partial charge in [-0.15, -0.1) is 0 Å². The van der Waals surface area contributed by atoms with Crippen LogP contribution in [0, 0.1) is 12.8 Å². The molecule has 1 aliphatic heterocycles. The first-order valence-corrected chi connectivity index (χ1v) is 6.16. The van der Waals surface area contributed by atoms with Crippen LogP contribution in [0.3, 0.4) is 0 Å². The highest BCUT2D eigenvalue weighted by Gasteiger charge is 2.30. The number of aliphatic hydroxyl groups is 1. The number of carbonyl (C=O) groups excluding carboxylic acids is 1. The van der Waals surface area contributed by atoms with Crippen LogP contribution in [0.1, 0.15) is 24.5 Å². The third-order valence-corrected chi connectivity index (χ3v) is 3.48. The number of aryl methyl sites for hydroxylation is 2. The van der Waals surface area contributed by atoms with Crippen LogP contribution in [0.25, 0.3) is 0 Å². The Morgan fingerprint density at radius 2 is 2.24 bits per heavy atom. The van der Waals surface area contributed by atoms with E-state index in [2.05, 4.69) is 26.0 Å². The molecule has 1 amide bonds. The van der Waals surface area contributed by atoms with Crippen molar-refractivity contribution in [2.24, 2.45) is 5.92 Å². The van der Waals surface area contributed by atoms with Crippen LogP contribution in [-0.4, -0.2) is 24.2 Å². The van der Waals surface area contributed by atoms with Crippen molar-refractivity contribution < 1.29 is 9.90 Å². The van der Waals surface area contributed by atoms with E-state index in [4.69, 9.17) is 5.11 Å². The highest BCUT2D eigenvalue weighted by Crippen LogP contribution is 2.26. The van der Waals surface area contributed by atoms with Crippen molar-refractivity contribution in [2.45, 2.75) is 26.7 Å². The Labute approximate surface area is 102 Å². The summed E-state index contributed by atoms with van der Waals surface area (Å²) in [5.41, 5.74) is 3.50. The standard InChI is InChI=1S/C14H19NO2/c1-3-12-4-5-13(6-10(12)2)15-8-11(9-16)7-14(15)17/h4-6,11,16H,3,7-9H2,1-2H3. The Morgan fingerprint density at radius 3 is 2.76 bits per heavy atom. The second-order valence-corrected chi connectivity index (χ2v) is 4.72. The van der Waals surface area contributed by atoms with Crippen molar-refractivity contribution in [2.75, 3.05) is 18.1 Å². The lowest BCUT2D eigenvalue weighted by molar-refractivity contribution is -0.117. The largest absolute Gasteiger partial charge is 0.396 e. The molecular formula is C14H19NO2. The Hall–Kier alpha value is -1.35. The zero-order chi connectivity index (χ0) is 12.4. The van der Waals surface area contributed by atoms with Gasteiger partial charge in [-0.25, -0.2) is 0 Å². The van der Waals surface area contributed by atoms with E-state index in [-0.39, 0.29) is 18.4 Å². The Kier molecular flexibility index (Phi) is 3.48. The average Bonchev–Trinajstić information content (AvgIpc) is 2.70. The van der Waals surface area contributed by atoms with Crippen molar-refractivity contribution >= 4 is 11.6 Å². The fraction of sp³-hybridized carbons (Fsp3) is 0.500. The van der Waals surface area contributed by atoms with Gasteiger partial charge in [0.1, 0.15) is 0 Å². The van der Waals surface area contributed by atoms with Gasteiger partial charge >= 0.3 is 0 Å². The third kappa shape index (κ3) is 2.34. The summed E-state index contributed by atoms with van der Waals surface area (Å²) in [6.45, 7) is 4.94. The van der Waals surface area contributed by atoms with Crippen molar-refractivity contribution in [3.05, 3.63) is 29.3 Å². The molecule has 1 N–H and O–H groups in total. The molecule has 1 fully saturated rings. The van der Waals surface area contributed by atoms with Crippen LogP contribution in [-0.2, 0) is 11.2 Å². The first-order chi connectivity index (χ1) is 8.15. The molecule has 1 heterocycles. The van der Waals surface area contributed by atoms with Crippen LogP contribution in [0.15, 0.2) is 18.2 Å². The highest BCUT2D eigenvalue weighted by molar-refractivity contribution is 5.95. The molecule has 0 aliphatic carbocycles. The second kappa shape index (κ2) is 4.88. The molecule has 0 aromatic heterocycles. The van der Waals surface area contributed by atoms with E-state index < -0.39 is 0 Å². The molecule has 1 unspecified atom stereocenters. The highest BCUT2D eigenvalue weighted by atomic mass is 16.3. The van der Waals surface area contributed by atoms with Crippen molar-refractivity contribution in [1.29, 1.82) is 0 Å². The molecule has 0 saturated carbocycles. The van der Waals surface area contributed by atoms with Gasteiger partial charge in [0, 0.05) is 31.2 Å². The zero-order valence-electron chi connectivity index (χ0n) is 10.4. The summed E-state index contributed by atoms with van der Waals surface area (Å²) in [7, 11) is 0. The summed E-state index contributed by atoms with van der Waals surface area (Å²) in [5.74, 6) is 0.210. The number of hydrogen-bond donors (Lipinski definition) is 1. The molecule has 17 heavy (non-hydrogen) atoms. The van der Waals surface area contributed by atoms with E-state index >= 15 is 0 Å². The number of carbonyl (C=O) groups is 1. The minimum atomic E-state index is 0.0913. The summed E-state index contributed by atoms with van der Waals surface area (Å²) >= 11 is 0. The average molecular weight is 233 g/mol. The predicted molar refractivity (Wildman–Crippen MR) is 68.1 cm³/mol. The molecule has 1 aliphatic rings. The smallest absolute Gasteiger partial charge is 0.227 e. The topological polar surface area (TPSA) is 40.5 Å². The quantitative estimate of drug-likeness (QED) is 0.866. The number of hydrogen-bond acceptors (Lipinski definition) is 2. The Morgan fingerprint density at radius 1 is 1.47 bits per heavy atom. The van der Waals surface area contributed by atoms with Gasteiger partial charge in [-0.1, -0.05) is 13.0 Å². The zero-order valence-corrected chi connectivity index (χ0v) is 10.4. The molecule has 0 bridgehead atoms. The molecule has 1 saturated heterocycles. The van der Waals surface area contributed by atoms with Crippen LogP contribution < -0.4 is 4.90 Å². The number of anilines is 1. The van der Waals surface area contributed by atoms with Crippen molar-refractivity contribution in [1.82, 2.24) is 0 Å². The molecule has 1 atom stereocenters. The van der Waals surface area contributed by atoms with E-state index in [0.717, 1.165) is 12.1 Å². The summed E-state index contributed by atoms with van der Waals surface area (Å²) < 4.78 is 0. The van der Waals surface area contributed by atoms with Gasteiger partial charge in [0.2, 0.25) is 5.91 Å². The van der Waals surface area contributed by atoms with Gasteiger partial charge in [-0.05, 0) is 36.6 Å². The van der Waals surface area contributed by atoms with Crippen LogP contribution >= 0.6 is 0 Å². The van der Waals surface area contributed by atoms with Crippen LogP contribution in [0.4, 0.5) is 5.69 Å². The van der Waals surface area contributed by atoms with Gasteiger partial charge in [-0.3, -0.25) is 4.79 Å². The summed E-state index contributed by atoms with van der Waals surface area (Å²) in [5, 5.41) is 9.11. The maximum Gasteiger partial charge on any atom is 0.227 e. The molecule has 1 aromatic rings. The van der Waals surface area contributed by atoms with E-state index in [0.29, 0.717) is 13.0 Å². The van der Waals surface area contributed by atoms with E-state index in [1.807, 2.05) is 6.07 Å². The van der Waals surface area contributed by atoms with E-state index in [9.17, 15) is 4.79 Å². The maximum atomic E-state index is 11.8. The Bertz CT molecular complexity index is 428. The van der Waals surface area contributed by atoms with Gasteiger partial charge in [0.25, 0.3) is 0 Å². The summed E-state index contributed by atoms with van der Waals surface area (Å²) in [6.07, 6.45) is 1.48. The monoisotopic (exact) mass is 233 g/mol. The first kappa shape index (κ1) is 12.1. The first-order valence-electron chi connectivity index (χ1n) is 6.16. The fourth-order valence-corrected chi connectivity index (χ4v) is 2.40. The van der Waals surface area contributed by atoms with Gasteiger partial charge in [0.05, 0.1) is 0 Å². The van der Waals surface area contributed by atoms with E-state index in [1.54, 1.807) is 4.90 Å². The number of benzene rings is 1. The normalized spacial score (nSPS) is 20.1. The van der Waals surface area contributed by atoms with Crippen LogP contribution in [0.5, 0.6) is 0 Å². The summed E-state index contributed by atoms with van der Waals surface area (Å²) in [4.78, 5) is 13.6. The minimum absolute atomic E-state index is 0.0913.